The first-order valence-electron chi connectivity index (χ1n) is 9.67. The van der Waals surface area contributed by atoms with Gasteiger partial charge < -0.3 is 21.7 Å². The highest BCUT2D eigenvalue weighted by Gasteiger charge is 2.08. The van der Waals surface area contributed by atoms with Crippen molar-refractivity contribution in [2.75, 3.05) is 29.5 Å². The number of anilines is 3. The summed E-state index contributed by atoms with van der Waals surface area (Å²) in [6.07, 6.45) is 6.39. The lowest BCUT2D eigenvalue weighted by Gasteiger charge is -2.09. The van der Waals surface area contributed by atoms with E-state index >= 15 is 0 Å². The normalized spacial score (nSPS) is 10.3. The van der Waals surface area contributed by atoms with Crippen LogP contribution in [0.4, 0.5) is 17.2 Å². The van der Waals surface area contributed by atoms with Crippen molar-refractivity contribution in [2.45, 2.75) is 12.8 Å². The number of hydrogen-bond donors (Lipinski definition) is 4. The Balaban J connectivity index is 1.36. The molecule has 0 atom stereocenters. The van der Waals surface area contributed by atoms with E-state index in [1.165, 1.54) is 6.20 Å². The standard InChI is InChI=1S/C22H24N6O2/c23-18-7-1-2-8-19(18)28-22(30)17-9-10-20(27-15-17)25-12-3-4-13-26-21(29)16-6-5-11-24-14-16/h1-2,5-11,14-15H,3-4,12-13,23H2,(H,25,27)(H,26,29)(H,28,30). The van der Waals surface area contributed by atoms with Crippen LogP contribution in [0.2, 0.25) is 0 Å². The minimum absolute atomic E-state index is 0.121. The molecule has 154 valence electrons. The van der Waals surface area contributed by atoms with Crippen molar-refractivity contribution < 1.29 is 9.59 Å². The van der Waals surface area contributed by atoms with E-state index in [0.29, 0.717) is 41.4 Å². The van der Waals surface area contributed by atoms with Gasteiger partial charge in [0.15, 0.2) is 0 Å². The van der Waals surface area contributed by atoms with Crippen LogP contribution in [0.1, 0.15) is 33.6 Å². The predicted octanol–water partition coefficient (Wildman–Crippen LogP) is 2.93. The van der Waals surface area contributed by atoms with Gasteiger partial charge in [0.1, 0.15) is 5.82 Å². The number of para-hydroxylation sites is 2. The van der Waals surface area contributed by atoms with E-state index in [9.17, 15) is 9.59 Å². The molecule has 30 heavy (non-hydrogen) atoms. The van der Waals surface area contributed by atoms with E-state index in [-0.39, 0.29) is 11.8 Å². The summed E-state index contributed by atoms with van der Waals surface area (Å²) >= 11 is 0. The van der Waals surface area contributed by atoms with Crippen molar-refractivity contribution in [1.29, 1.82) is 0 Å². The number of carbonyl (C=O) groups is 2. The van der Waals surface area contributed by atoms with Crippen molar-refractivity contribution >= 4 is 29.0 Å². The second kappa shape index (κ2) is 10.6. The van der Waals surface area contributed by atoms with Gasteiger partial charge in [-0.1, -0.05) is 12.1 Å². The quantitative estimate of drug-likeness (QED) is 0.321. The number of aromatic nitrogens is 2. The number of pyridine rings is 2. The molecular formula is C22H24N6O2. The zero-order valence-corrected chi connectivity index (χ0v) is 16.5. The molecule has 2 amide bonds. The fourth-order valence-electron chi connectivity index (χ4n) is 2.71. The van der Waals surface area contributed by atoms with Gasteiger partial charge in [0.2, 0.25) is 0 Å². The summed E-state index contributed by atoms with van der Waals surface area (Å²) in [6, 6.07) is 14.0. The Morgan fingerprint density at radius 1 is 0.867 bits per heavy atom. The van der Waals surface area contributed by atoms with Crippen LogP contribution in [0.3, 0.4) is 0 Å². The van der Waals surface area contributed by atoms with Crippen LogP contribution in [0.25, 0.3) is 0 Å². The molecule has 0 bridgehead atoms. The highest BCUT2D eigenvalue weighted by molar-refractivity contribution is 6.05. The first-order chi connectivity index (χ1) is 14.6. The summed E-state index contributed by atoms with van der Waals surface area (Å²) < 4.78 is 0. The molecule has 5 N–H and O–H groups in total. The molecule has 0 unspecified atom stereocenters. The lowest BCUT2D eigenvalue weighted by Crippen LogP contribution is -2.24. The smallest absolute Gasteiger partial charge is 0.257 e. The summed E-state index contributed by atoms with van der Waals surface area (Å²) in [7, 11) is 0. The molecule has 2 aromatic heterocycles. The minimum atomic E-state index is -0.267. The molecule has 0 fully saturated rings. The molecule has 2 heterocycles. The molecule has 3 rings (SSSR count). The van der Waals surface area contributed by atoms with Gasteiger partial charge in [0.25, 0.3) is 11.8 Å². The summed E-state index contributed by atoms with van der Waals surface area (Å²) in [6.45, 7) is 1.30. The first kappa shape index (κ1) is 20.8. The summed E-state index contributed by atoms with van der Waals surface area (Å²) in [5.74, 6) is 0.297. The highest BCUT2D eigenvalue weighted by Crippen LogP contribution is 2.18. The summed E-state index contributed by atoms with van der Waals surface area (Å²) in [5.41, 5.74) is 7.92. The number of benzene rings is 1. The Hall–Kier alpha value is -3.94. The predicted molar refractivity (Wildman–Crippen MR) is 117 cm³/mol. The van der Waals surface area contributed by atoms with Crippen LogP contribution in [0.15, 0.2) is 67.1 Å². The third kappa shape index (κ3) is 6.03. The Kier molecular flexibility index (Phi) is 7.32. The Morgan fingerprint density at radius 3 is 2.40 bits per heavy atom. The Labute approximate surface area is 174 Å². The molecule has 0 aliphatic rings. The van der Waals surface area contributed by atoms with E-state index < -0.39 is 0 Å². The van der Waals surface area contributed by atoms with Gasteiger partial charge in [-0.25, -0.2) is 4.98 Å². The molecule has 0 saturated heterocycles. The second-order valence-electron chi connectivity index (χ2n) is 6.60. The molecule has 0 saturated carbocycles. The average Bonchev–Trinajstić information content (AvgIpc) is 2.78. The van der Waals surface area contributed by atoms with Gasteiger partial charge >= 0.3 is 0 Å². The molecule has 3 aromatic rings. The number of nitrogens with zero attached hydrogens (tertiary/aromatic N) is 2. The highest BCUT2D eigenvalue weighted by atomic mass is 16.2. The van der Waals surface area contributed by atoms with E-state index in [1.807, 2.05) is 12.1 Å². The van der Waals surface area contributed by atoms with Gasteiger partial charge in [-0.2, -0.15) is 0 Å². The third-order valence-electron chi connectivity index (χ3n) is 4.35. The molecule has 8 nitrogen and oxygen atoms in total. The van der Waals surface area contributed by atoms with Crippen LogP contribution in [-0.2, 0) is 0 Å². The van der Waals surface area contributed by atoms with Gasteiger partial charge in [0.05, 0.1) is 22.5 Å². The number of nitrogens with two attached hydrogens (primary N) is 1. The van der Waals surface area contributed by atoms with Crippen LogP contribution in [0, 0.1) is 0 Å². The lowest BCUT2D eigenvalue weighted by molar-refractivity contribution is 0.0952. The van der Waals surface area contributed by atoms with E-state index in [1.54, 1.807) is 48.8 Å². The van der Waals surface area contributed by atoms with Gasteiger partial charge in [0, 0.05) is 31.7 Å². The fourth-order valence-corrected chi connectivity index (χ4v) is 2.71. The second-order valence-corrected chi connectivity index (χ2v) is 6.60. The van der Waals surface area contributed by atoms with E-state index in [0.717, 1.165) is 12.8 Å². The van der Waals surface area contributed by atoms with Gasteiger partial charge in [-0.15, -0.1) is 0 Å². The number of rotatable bonds is 9. The number of unbranched alkanes of at least 4 members (excludes halogenated alkanes) is 1. The molecule has 0 aliphatic carbocycles. The zero-order valence-electron chi connectivity index (χ0n) is 16.5. The van der Waals surface area contributed by atoms with Crippen molar-refractivity contribution in [1.82, 2.24) is 15.3 Å². The Bertz CT molecular complexity index is 976. The third-order valence-corrected chi connectivity index (χ3v) is 4.35. The fraction of sp³-hybridized carbons (Fsp3) is 0.182. The van der Waals surface area contributed by atoms with Crippen molar-refractivity contribution in [2.24, 2.45) is 0 Å². The number of nitrogen functional groups attached to an aromatic ring is 1. The number of amides is 2. The van der Waals surface area contributed by atoms with Crippen molar-refractivity contribution in [3.8, 4) is 0 Å². The first-order valence-corrected chi connectivity index (χ1v) is 9.67. The SMILES string of the molecule is Nc1ccccc1NC(=O)c1ccc(NCCCCNC(=O)c2cccnc2)nc1. The average molecular weight is 404 g/mol. The van der Waals surface area contributed by atoms with Crippen LogP contribution in [-0.4, -0.2) is 34.9 Å². The molecule has 0 aliphatic heterocycles. The van der Waals surface area contributed by atoms with Crippen LogP contribution in [0.5, 0.6) is 0 Å². The van der Waals surface area contributed by atoms with E-state index in [2.05, 4.69) is 25.9 Å². The molecule has 8 heteroatoms. The summed E-state index contributed by atoms with van der Waals surface area (Å²) in [4.78, 5) is 32.4. The topological polar surface area (TPSA) is 122 Å². The molecular weight excluding hydrogens is 380 g/mol. The van der Waals surface area contributed by atoms with Crippen LogP contribution < -0.4 is 21.7 Å². The molecule has 0 radical (unpaired) electrons. The molecule has 1 aromatic carbocycles. The Morgan fingerprint density at radius 2 is 1.67 bits per heavy atom. The number of carbonyl (C=O) groups excluding carboxylic acids is 2. The largest absolute Gasteiger partial charge is 0.397 e. The van der Waals surface area contributed by atoms with Crippen LogP contribution >= 0.6 is 0 Å². The minimum Gasteiger partial charge on any atom is -0.397 e. The monoisotopic (exact) mass is 404 g/mol. The maximum atomic E-state index is 12.3. The number of hydrogen-bond acceptors (Lipinski definition) is 6. The zero-order chi connectivity index (χ0) is 21.2. The maximum Gasteiger partial charge on any atom is 0.257 e. The van der Waals surface area contributed by atoms with Gasteiger partial charge in [-0.05, 0) is 49.2 Å². The molecule has 0 spiro atoms. The summed E-state index contributed by atoms with van der Waals surface area (Å²) in [5, 5.41) is 8.84. The maximum absolute atomic E-state index is 12.3. The van der Waals surface area contributed by atoms with Crippen molar-refractivity contribution in [3.05, 3.63) is 78.2 Å². The lowest BCUT2D eigenvalue weighted by atomic mass is 10.2. The van der Waals surface area contributed by atoms with E-state index in [4.69, 9.17) is 5.73 Å². The van der Waals surface area contributed by atoms with Gasteiger partial charge in [-0.3, -0.25) is 14.6 Å². The number of nitrogens with one attached hydrogen (secondary N) is 3. The van der Waals surface area contributed by atoms with Crippen molar-refractivity contribution in [3.63, 3.8) is 0 Å².